The van der Waals surface area contributed by atoms with Crippen molar-refractivity contribution in [2.45, 2.75) is 25.9 Å². The van der Waals surface area contributed by atoms with E-state index in [9.17, 15) is 14.4 Å². The minimum absolute atomic E-state index is 0.122. The monoisotopic (exact) mass is 490 g/mol. The summed E-state index contributed by atoms with van der Waals surface area (Å²) in [6, 6.07) is 32.0. The average Bonchev–Trinajstić information content (AvgIpc) is 3.09. The van der Waals surface area contributed by atoms with Gasteiger partial charge in [0.15, 0.2) is 5.78 Å². The highest BCUT2D eigenvalue weighted by atomic mass is 16.5. The van der Waals surface area contributed by atoms with Gasteiger partial charge in [-0.1, -0.05) is 66.7 Å². The number of ether oxygens (including phenoxy) is 1. The summed E-state index contributed by atoms with van der Waals surface area (Å²) in [5.41, 5.74) is 1.19. The number of benzene rings is 4. The third kappa shape index (κ3) is 4.61. The van der Waals surface area contributed by atoms with E-state index < -0.39 is 11.6 Å². The molecule has 3 amide bonds. The standard InChI is InChI=1S/C31H26N2O4/c1-31(2)29(35)33(25-19-17-23(18-20-25)28(34)22-11-5-3-6-12-22)30(36)32(31)21-24-13-9-10-16-27(24)37-26-14-7-4-8-15-26/h3-20H,21H2,1-2H3. The van der Waals surface area contributed by atoms with Gasteiger partial charge >= 0.3 is 6.03 Å². The maximum Gasteiger partial charge on any atom is 0.332 e. The van der Waals surface area contributed by atoms with Gasteiger partial charge in [-0.05, 0) is 56.3 Å². The number of carbonyl (C=O) groups excluding carboxylic acids is 3. The summed E-state index contributed by atoms with van der Waals surface area (Å²) in [6.45, 7) is 3.67. The fraction of sp³-hybridized carbons (Fsp3) is 0.129. The van der Waals surface area contributed by atoms with Gasteiger partial charge in [0.1, 0.15) is 17.0 Å². The number of imide groups is 1. The molecule has 1 heterocycles. The molecule has 0 unspecified atom stereocenters. The number of para-hydroxylation sites is 2. The first-order valence-electron chi connectivity index (χ1n) is 12.0. The van der Waals surface area contributed by atoms with Crippen molar-refractivity contribution in [3.8, 4) is 11.5 Å². The number of ketones is 1. The van der Waals surface area contributed by atoms with Gasteiger partial charge in [0.2, 0.25) is 0 Å². The number of rotatable bonds is 7. The van der Waals surface area contributed by atoms with Crippen LogP contribution in [0.2, 0.25) is 0 Å². The highest BCUT2D eigenvalue weighted by Gasteiger charge is 2.51. The van der Waals surface area contributed by atoms with Crippen molar-refractivity contribution in [2.75, 3.05) is 4.90 Å². The van der Waals surface area contributed by atoms with Crippen LogP contribution in [-0.2, 0) is 11.3 Å². The van der Waals surface area contributed by atoms with E-state index in [1.807, 2.05) is 72.8 Å². The van der Waals surface area contributed by atoms with Crippen LogP contribution in [0.25, 0.3) is 0 Å². The topological polar surface area (TPSA) is 66.9 Å². The molecule has 4 aromatic rings. The number of hydrogen-bond donors (Lipinski definition) is 0. The predicted molar refractivity (Wildman–Crippen MR) is 142 cm³/mol. The van der Waals surface area contributed by atoms with Gasteiger partial charge in [-0.25, -0.2) is 9.69 Å². The fourth-order valence-electron chi connectivity index (χ4n) is 4.37. The average molecular weight is 491 g/mol. The van der Waals surface area contributed by atoms with Crippen molar-refractivity contribution in [3.63, 3.8) is 0 Å². The molecule has 37 heavy (non-hydrogen) atoms. The molecule has 1 fully saturated rings. The van der Waals surface area contributed by atoms with Gasteiger partial charge in [-0.2, -0.15) is 0 Å². The zero-order valence-electron chi connectivity index (χ0n) is 20.6. The third-order valence-corrected chi connectivity index (χ3v) is 6.52. The van der Waals surface area contributed by atoms with Gasteiger partial charge in [0.25, 0.3) is 5.91 Å². The summed E-state index contributed by atoms with van der Waals surface area (Å²) in [4.78, 5) is 42.5. The highest BCUT2D eigenvalue weighted by molar-refractivity contribution is 6.23. The minimum Gasteiger partial charge on any atom is -0.457 e. The molecule has 0 atom stereocenters. The maximum absolute atomic E-state index is 13.6. The zero-order valence-corrected chi connectivity index (χ0v) is 20.6. The Kier molecular flexibility index (Phi) is 6.32. The van der Waals surface area contributed by atoms with Crippen molar-refractivity contribution in [3.05, 3.63) is 126 Å². The van der Waals surface area contributed by atoms with Crippen molar-refractivity contribution in [2.24, 2.45) is 0 Å². The molecule has 6 nitrogen and oxygen atoms in total. The minimum atomic E-state index is -1.07. The van der Waals surface area contributed by atoms with Gasteiger partial charge in [-0.3, -0.25) is 9.59 Å². The fourth-order valence-corrected chi connectivity index (χ4v) is 4.37. The zero-order chi connectivity index (χ0) is 26.0. The second-order valence-corrected chi connectivity index (χ2v) is 9.33. The molecular formula is C31H26N2O4. The van der Waals surface area contributed by atoms with Crippen LogP contribution >= 0.6 is 0 Å². The van der Waals surface area contributed by atoms with E-state index in [0.29, 0.717) is 28.3 Å². The van der Waals surface area contributed by atoms with E-state index >= 15 is 0 Å². The molecule has 1 aliphatic heterocycles. The Hall–Kier alpha value is -4.71. The first-order valence-corrected chi connectivity index (χ1v) is 12.0. The van der Waals surface area contributed by atoms with E-state index in [0.717, 1.165) is 5.56 Å². The molecule has 0 saturated carbocycles. The lowest BCUT2D eigenvalue weighted by Crippen LogP contribution is -2.43. The molecule has 0 N–H and O–H groups in total. The number of urea groups is 1. The number of hydrogen-bond acceptors (Lipinski definition) is 4. The number of nitrogens with zero attached hydrogens (tertiary/aromatic N) is 2. The van der Waals surface area contributed by atoms with Crippen LogP contribution in [-0.4, -0.2) is 28.2 Å². The molecule has 0 aliphatic carbocycles. The third-order valence-electron chi connectivity index (χ3n) is 6.52. The molecule has 6 heteroatoms. The Bertz CT molecular complexity index is 1450. The molecular weight excluding hydrogens is 464 g/mol. The molecule has 1 saturated heterocycles. The van der Waals surface area contributed by atoms with Crippen molar-refractivity contribution >= 4 is 23.4 Å². The summed E-state index contributed by atoms with van der Waals surface area (Å²) in [5, 5.41) is 0. The van der Waals surface area contributed by atoms with Crippen LogP contribution in [0, 0.1) is 0 Å². The van der Waals surface area contributed by atoms with Crippen molar-refractivity contribution in [1.29, 1.82) is 0 Å². The second-order valence-electron chi connectivity index (χ2n) is 9.33. The summed E-state index contributed by atoms with van der Waals surface area (Å²) in [7, 11) is 0. The van der Waals surface area contributed by atoms with E-state index in [4.69, 9.17) is 4.74 Å². The van der Waals surface area contributed by atoms with E-state index in [1.165, 1.54) is 4.90 Å². The van der Waals surface area contributed by atoms with Gasteiger partial charge in [0, 0.05) is 16.7 Å². The van der Waals surface area contributed by atoms with Crippen molar-refractivity contribution in [1.82, 2.24) is 4.90 Å². The van der Waals surface area contributed by atoms with Gasteiger partial charge < -0.3 is 9.64 Å². The second kappa shape index (κ2) is 9.74. The Morgan fingerprint density at radius 3 is 1.97 bits per heavy atom. The van der Waals surface area contributed by atoms with Gasteiger partial charge in [0.05, 0.1) is 12.2 Å². The van der Waals surface area contributed by atoms with Crippen molar-refractivity contribution < 1.29 is 19.1 Å². The number of anilines is 1. The summed E-state index contributed by atoms with van der Waals surface area (Å²) >= 11 is 0. The Morgan fingerprint density at radius 2 is 1.30 bits per heavy atom. The number of carbonyl (C=O) groups is 3. The van der Waals surface area contributed by atoms with Gasteiger partial charge in [-0.15, -0.1) is 0 Å². The van der Waals surface area contributed by atoms with Crippen LogP contribution in [0.1, 0.15) is 35.3 Å². The van der Waals surface area contributed by atoms with Crippen LogP contribution in [0.3, 0.4) is 0 Å². The Balaban J connectivity index is 1.39. The number of amides is 3. The molecule has 184 valence electrons. The maximum atomic E-state index is 13.6. The van der Waals surface area contributed by atoms with Crippen LogP contribution < -0.4 is 9.64 Å². The molecule has 5 rings (SSSR count). The lowest BCUT2D eigenvalue weighted by atomic mass is 10.0. The lowest BCUT2D eigenvalue weighted by Gasteiger charge is -2.28. The molecule has 0 aromatic heterocycles. The normalized spacial score (nSPS) is 14.6. The quantitative estimate of drug-likeness (QED) is 0.220. The largest absolute Gasteiger partial charge is 0.457 e. The molecule has 1 aliphatic rings. The lowest BCUT2D eigenvalue weighted by molar-refractivity contribution is -0.123. The molecule has 0 radical (unpaired) electrons. The van der Waals surface area contributed by atoms with E-state index in [2.05, 4.69) is 0 Å². The summed E-state index contributed by atoms with van der Waals surface area (Å²) in [6.07, 6.45) is 0. The van der Waals surface area contributed by atoms with Crippen LogP contribution in [0.4, 0.5) is 10.5 Å². The summed E-state index contributed by atoms with van der Waals surface area (Å²) in [5.74, 6) is 0.848. The molecule has 0 bridgehead atoms. The van der Waals surface area contributed by atoms with E-state index in [-0.39, 0.29) is 18.2 Å². The Labute approximate surface area is 215 Å². The summed E-state index contributed by atoms with van der Waals surface area (Å²) < 4.78 is 6.07. The smallest absolute Gasteiger partial charge is 0.332 e. The molecule has 0 spiro atoms. The SMILES string of the molecule is CC1(C)C(=O)N(c2ccc(C(=O)c3ccccc3)cc2)C(=O)N1Cc1ccccc1Oc1ccccc1. The molecule has 4 aromatic carbocycles. The predicted octanol–water partition coefficient (Wildman–Crippen LogP) is 6.46. The van der Waals surface area contributed by atoms with Crippen LogP contribution in [0.5, 0.6) is 11.5 Å². The van der Waals surface area contributed by atoms with E-state index in [1.54, 1.807) is 55.1 Å². The highest BCUT2D eigenvalue weighted by Crippen LogP contribution is 2.35. The Morgan fingerprint density at radius 1 is 0.730 bits per heavy atom. The first-order chi connectivity index (χ1) is 17.9. The van der Waals surface area contributed by atoms with Crippen LogP contribution in [0.15, 0.2) is 109 Å². The first kappa shape index (κ1) is 24.0.